The first-order valence-electron chi connectivity index (χ1n) is 6.53. The second kappa shape index (κ2) is 5.73. The minimum absolute atomic E-state index is 0.0961. The average molecular weight is 283 g/mol. The van der Waals surface area contributed by atoms with Crippen LogP contribution in [0.3, 0.4) is 0 Å². The number of aromatic nitrogens is 2. The minimum Gasteiger partial charge on any atom is -0.469 e. The number of carbonyl (C=O) groups is 1. The van der Waals surface area contributed by atoms with Gasteiger partial charge < -0.3 is 10.1 Å². The Morgan fingerprint density at radius 3 is 2.45 bits per heavy atom. The number of carbonyl (C=O) groups excluding carboxylic acids is 1. The molecule has 0 aliphatic heterocycles. The highest BCUT2D eigenvalue weighted by molar-refractivity contribution is 5.78. The maximum atomic E-state index is 14.2. The van der Waals surface area contributed by atoms with E-state index in [1.807, 2.05) is 6.92 Å². The van der Waals surface area contributed by atoms with Crippen molar-refractivity contribution in [1.82, 2.24) is 9.97 Å². The van der Waals surface area contributed by atoms with Gasteiger partial charge in [0.1, 0.15) is 6.33 Å². The van der Waals surface area contributed by atoms with Crippen molar-refractivity contribution in [3.63, 3.8) is 0 Å². The van der Waals surface area contributed by atoms with E-state index in [-0.39, 0.29) is 11.8 Å². The predicted octanol–water partition coefficient (Wildman–Crippen LogP) is 2.57. The van der Waals surface area contributed by atoms with Gasteiger partial charge in [-0.25, -0.2) is 14.4 Å². The van der Waals surface area contributed by atoms with Gasteiger partial charge in [0.05, 0.1) is 18.2 Å². The zero-order valence-corrected chi connectivity index (χ0v) is 12.9. The van der Waals surface area contributed by atoms with Crippen LogP contribution in [0.15, 0.2) is 6.33 Å². The second-order valence-corrected chi connectivity index (χ2v) is 5.70. The lowest BCUT2D eigenvalue weighted by atomic mass is 9.74. The normalized spacial score (nSPS) is 12.2. The number of aryl methyl sites for hydroxylation is 1. The average Bonchev–Trinajstić information content (AvgIpc) is 2.39. The summed E-state index contributed by atoms with van der Waals surface area (Å²) in [7, 11) is 1.33. The number of anilines is 1. The van der Waals surface area contributed by atoms with Crippen LogP contribution in [-0.4, -0.2) is 28.6 Å². The van der Waals surface area contributed by atoms with Crippen LogP contribution in [0.25, 0.3) is 0 Å². The van der Waals surface area contributed by atoms with Gasteiger partial charge in [-0.1, -0.05) is 6.92 Å². The van der Waals surface area contributed by atoms with E-state index in [1.54, 1.807) is 27.7 Å². The van der Waals surface area contributed by atoms with Crippen LogP contribution in [0.4, 0.5) is 10.2 Å². The Morgan fingerprint density at radius 2 is 1.95 bits per heavy atom. The zero-order chi connectivity index (χ0) is 15.6. The highest BCUT2D eigenvalue weighted by atomic mass is 19.1. The molecule has 1 rings (SSSR count). The summed E-state index contributed by atoms with van der Waals surface area (Å²) in [6.07, 6.45) is 1.79. The number of ether oxygens (including phenoxy) is 1. The summed E-state index contributed by atoms with van der Waals surface area (Å²) in [5.41, 5.74) is -1.26. The smallest absolute Gasteiger partial charge is 0.313 e. The molecule has 0 spiro atoms. The van der Waals surface area contributed by atoms with E-state index >= 15 is 0 Å². The lowest BCUT2D eigenvalue weighted by molar-refractivity contribution is -0.153. The number of nitrogens with one attached hydrogen (secondary N) is 1. The molecular weight excluding hydrogens is 261 g/mol. The van der Waals surface area contributed by atoms with Crippen LogP contribution < -0.4 is 5.32 Å². The van der Waals surface area contributed by atoms with Crippen LogP contribution >= 0.6 is 0 Å². The third-order valence-corrected chi connectivity index (χ3v) is 3.89. The Hall–Kier alpha value is -1.72. The molecule has 0 aliphatic rings. The van der Waals surface area contributed by atoms with Crippen LogP contribution in [0.2, 0.25) is 0 Å². The third-order valence-electron chi connectivity index (χ3n) is 3.89. The molecule has 1 N–H and O–H groups in total. The van der Waals surface area contributed by atoms with E-state index in [9.17, 15) is 9.18 Å². The molecule has 0 fully saturated rings. The molecule has 0 bridgehead atoms. The molecule has 6 heteroatoms. The van der Waals surface area contributed by atoms with E-state index < -0.39 is 16.8 Å². The van der Waals surface area contributed by atoms with Crippen molar-refractivity contribution in [2.45, 2.75) is 46.6 Å². The van der Waals surface area contributed by atoms with Gasteiger partial charge in [-0.15, -0.1) is 0 Å². The van der Waals surface area contributed by atoms with Crippen molar-refractivity contribution in [3.8, 4) is 0 Å². The van der Waals surface area contributed by atoms with Crippen molar-refractivity contribution in [2.24, 2.45) is 5.41 Å². The first-order chi connectivity index (χ1) is 9.17. The Morgan fingerprint density at radius 1 is 1.35 bits per heavy atom. The van der Waals surface area contributed by atoms with Gasteiger partial charge in [-0.3, -0.25) is 4.79 Å². The van der Waals surface area contributed by atoms with Gasteiger partial charge in [-0.2, -0.15) is 0 Å². The van der Waals surface area contributed by atoms with E-state index in [0.717, 1.165) is 0 Å². The number of hydrogen-bond acceptors (Lipinski definition) is 5. The maximum Gasteiger partial charge on any atom is 0.313 e. The highest BCUT2D eigenvalue weighted by Crippen LogP contribution is 2.35. The van der Waals surface area contributed by atoms with Crippen LogP contribution in [0.1, 0.15) is 40.3 Å². The summed E-state index contributed by atoms with van der Waals surface area (Å²) in [5.74, 6) is -0.761. The summed E-state index contributed by atoms with van der Waals surface area (Å²) in [4.78, 5) is 19.7. The summed E-state index contributed by atoms with van der Waals surface area (Å²) >= 11 is 0. The molecular formula is C14H22FN3O2. The number of halogens is 1. The fourth-order valence-corrected chi connectivity index (χ4v) is 1.70. The number of hydrogen-bond donors (Lipinski definition) is 1. The molecule has 0 aliphatic carbocycles. The van der Waals surface area contributed by atoms with E-state index in [4.69, 9.17) is 4.74 Å². The molecule has 0 saturated carbocycles. The Balaban J connectivity index is 3.11. The highest BCUT2D eigenvalue weighted by Gasteiger charge is 2.45. The molecule has 112 valence electrons. The molecule has 20 heavy (non-hydrogen) atoms. The summed E-state index contributed by atoms with van der Waals surface area (Å²) in [6, 6.07) is 0. The maximum absolute atomic E-state index is 14.2. The van der Waals surface area contributed by atoms with Crippen molar-refractivity contribution in [3.05, 3.63) is 17.8 Å². The quantitative estimate of drug-likeness (QED) is 0.841. The number of rotatable bonds is 5. The summed E-state index contributed by atoms with van der Waals surface area (Å²) in [5, 5.41) is 2.99. The molecule has 0 radical (unpaired) electrons. The fraction of sp³-hybridized carbons (Fsp3) is 0.643. The lowest BCUT2D eigenvalue weighted by Gasteiger charge is -2.40. The first-order valence-corrected chi connectivity index (χ1v) is 6.53. The van der Waals surface area contributed by atoms with Gasteiger partial charge in [0.15, 0.2) is 11.6 Å². The molecule has 1 heterocycles. The second-order valence-electron chi connectivity index (χ2n) is 5.70. The van der Waals surface area contributed by atoms with Crippen molar-refractivity contribution < 1.29 is 13.9 Å². The van der Waals surface area contributed by atoms with Crippen molar-refractivity contribution in [1.29, 1.82) is 0 Å². The summed E-state index contributed by atoms with van der Waals surface area (Å²) in [6.45, 7) is 8.91. The first kappa shape index (κ1) is 16.3. The Bertz CT molecular complexity index is 501. The zero-order valence-electron chi connectivity index (χ0n) is 12.9. The lowest BCUT2D eigenvalue weighted by Crippen LogP contribution is -2.51. The molecule has 0 unspecified atom stereocenters. The molecule has 0 amide bonds. The topological polar surface area (TPSA) is 64.1 Å². The number of nitrogens with zero attached hydrogens (tertiary/aromatic N) is 2. The molecule has 0 atom stereocenters. The van der Waals surface area contributed by atoms with Crippen molar-refractivity contribution in [2.75, 3.05) is 12.4 Å². The standard InChI is InChI=1S/C14H22FN3O2/c1-7-9-10(15)11(17-8-16-9)18-14(4,5)13(2,3)12(19)20-6/h8H,7H2,1-6H3,(H,16,17,18). The Labute approximate surface area is 119 Å². The predicted molar refractivity (Wildman–Crippen MR) is 74.9 cm³/mol. The van der Waals surface area contributed by atoms with Crippen LogP contribution in [0, 0.1) is 11.2 Å². The van der Waals surface area contributed by atoms with Gasteiger partial charge in [-0.05, 0) is 34.1 Å². The van der Waals surface area contributed by atoms with Gasteiger partial charge in [0.2, 0.25) is 0 Å². The van der Waals surface area contributed by atoms with Gasteiger partial charge >= 0.3 is 5.97 Å². The van der Waals surface area contributed by atoms with E-state index in [2.05, 4.69) is 15.3 Å². The molecule has 1 aromatic heterocycles. The Kier molecular flexibility index (Phi) is 4.68. The minimum atomic E-state index is -0.856. The summed E-state index contributed by atoms with van der Waals surface area (Å²) < 4.78 is 19.0. The SMILES string of the molecule is CCc1ncnc(NC(C)(C)C(C)(C)C(=O)OC)c1F. The molecule has 5 nitrogen and oxygen atoms in total. The third kappa shape index (κ3) is 2.89. The van der Waals surface area contributed by atoms with Gasteiger partial charge in [0, 0.05) is 5.54 Å². The van der Waals surface area contributed by atoms with Crippen molar-refractivity contribution >= 4 is 11.8 Å². The van der Waals surface area contributed by atoms with E-state index in [1.165, 1.54) is 13.4 Å². The fourth-order valence-electron chi connectivity index (χ4n) is 1.70. The number of esters is 1. The molecule has 0 aromatic carbocycles. The van der Waals surface area contributed by atoms with Gasteiger partial charge in [0.25, 0.3) is 0 Å². The van der Waals surface area contributed by atoms with E-state index in [0.29, 0.717) is 12.1 Å². The molecule has 1 aromatic rings. The molecule has 0 saturated heterocycles. The van der Waals surface area contributed by atoms with Crippen LogP contribution in [-0.2, 0) is 16.0 Å². The van der Waals surface area contributed by atoms with Crippen LogP contribution in [0.5, 0.6) is 0 Å². The largest absolute Gasteiger partial charge is 0.469 e. The number of methoxy groups -OCH3 is 1. The monoisotopic (exact) mass is 283 g/mol.